The molecule has 0 amide bonds. The van der Waals surface area contributed by atoms with Crippen molar-refractivity contribution in [1.29, 1.82) is 0 Å². The molecule has 2 saturated carbocycles. The number of aliphatic hydroxyl groups is 1. The quantitative estimate of drug-likeness (QED) is 0.288. The topological polar surface area (TPSA) is 38.7 Å². The summed E-state index contributed by atoms with van der Waals surface area (Å²) in [4.78, 5) is 0.401. The fourth-order valence-electron chi connectivity index (χ4n) is 6.62. The van der Waals surface area contributed by atoms with Gasteiger partial charge in [-0.25, -0.2) is 0 Å². The van der Waals surface area contributed by atoms with Gasteiger partial charge in [0.15, 0.2) is 0 Å². The highest BCUT2D eigenvalue weighted by molar-refractivity contribution is 9.09. The van der Waals surface area contributed by atoms with Crippen LogP contribution >= 0.6 is 15.9 Å². The molecule has 172 valence electrons. The first-order chi connectivity index (χ1) is 13.3. The van der Waals surface area contributed by atoms with Crippen LogP contribution in [0.25, 0.3) is 0 Å². The van der Waals surface area contributed by atoms with Crippen LogP contribution in [0.1, 0.15) is 101 Å². The fraction of sp³-hybridized carbons (Fsp3) is 1.00. The Hall–Kier alpha value is 0.577. The lowest BCUT2D eigenvalue weighted by Gasteiger charge is -2.63. The normalized spacial score (nSPS) is 35.8. The van der Waals surface area contributed by atoms with Crippen LogP contribution in [-0.2, 0) is 9.16 Å². The van der Waals surface area contributed by atoms with Crippen molar-refractivity contribution < 1.29 is 14.3 Å². The van der Waals surface area contributed by atoms with Crippen molar-refractivity contribution in [1.82, 2.24) is 0 Å². The Kier molecular flexibility index (Phi) is 8.55. The van der Waals surface area contributed by atoms with Crippen molar-refractivity contribution in [3.8, 4) is 0 Å². The van der Waals surface area contributed by atoms with Crippen LogP contribution in [0, 0.1) is 5.41 Å². The minimum absolute atomic E-state index is 0.00437. The van der Waals surface area contributed by atoms with Gasteiger partial charge in [-0.15, -0.1) is 0 Å². The second kappa shape index (κ2) is 9.60. The first-order valence-corrected chi connectivity index (χ1v) is 15.1. The summed E-state index contributed by atoms with van der Waals surface area (Å²) in [7, 11) is -2.03. The third-order valence-corrected chi connectivity index (χ3v) is 15.3. The standard InChI is InChI=1S/C24H47BrO3Si/c1-16(2)29(17(3)4,18(5)6)28-24-13-11-10-12-23(24,9)22(14-21(25)15-24)27-20(8)19(7)26/h16-22,26H,10-15H2,1-9H3/t19-,20-,21+,22-,23-,24-/m1/s1. The van der Waals surface area contributed by atoms with E-state index in [1.54, 1.807) is 0 Å². The van der Waals surface area contributed by atoms with Gasteiger partial charge in [-0.05, 0) is 56.2 Å². The maximum absolute atomic E-state index is 10.1. The molecule has 2 rings (SSSR count). The summed E-state index contributed by atoms with van der Waals surface area (Å²) in [6, 6.07) is 0. The number of aliphatic hydroxyl groups excluding tert-OH is 1. The molecule has 0 aliphatic heterocycles. The molecule has 0 bridgehead atoms. The molecule has 2 fully saturated rings. The molecule has 0 unspecified atom stereocenters. The van der Waals surface area contributed by atoms with Gasteiger partial charge in [0, 0.05) is 10.2 Å². The summed E-state index contributed by atoms with van der Waals surface area (Å²) in [6.07, 6.45) is 6.36. The first-order valence-electron chi connectivity index (χ1n) is 12.0. The zero-order valence-corrected chi connectivity index (χ0v) is 23.0. The average molecular weight is 492 g/mol. The number of ether oxygens (including phenoxy) is 1. The van der Waals surface area contributed by atoms with Crippen molar-refractivity contribution in [2.45, 2.75) is 146 Å². The Morgan fingerprint density at radius 2 is 1.45 bits per heavy atom. The van der Waals surface area contributed by atoms with Crippen molar-refractivity contribution in [2.24, 2.45) is 5.41 Å². The van der Waals surface area contributed by atoms with Crippen LogP contribution in [0.5, 0.6) is 0 Å². The highest BCUT2D eigenvalue weighted by Crippen LogP contribution is 2.60. The molecule has 0 aromatic heterocycles. The summed E-state index contributed by atoms with van der Waals surface area (Å²) in [6.45, 7) is 20.6. The van der Waals surface area contributed by atoms with E-state index in [2.05, 4.69) is 64.4 Å². The molecule has 0 spiro atoms. The molecule has 0 radical (unpaired) electrons. The minimum Gasteiger partial charge on any atom is -0.410 e. The summed E-state index contributed by atoms with van der Waals surface area (Å²) in [5.74, 6) is 0. The lowest BCUT2D eigenvalue weighted by molar-refractivity contribution is -0.210. The average Bonchev–Trinajstić information content (AvgIpc) is 2.59. The predicted molar refractivity (Wildman–Crippen MR) is 129 cm³/mol. The van der Waals surface area contributed by atoms with E-state index in [1.807, 2.05) is 13.8 Å². The smallest absolute Gasteiger partial charge is 0.201 e. The maximum Gasteiger partial charge on any atom is 0.201 e. The van der Waals surface area contributed by atoms with Crippen molar-refractivity contribution in [2.75, 3.05) is 0 Å². The Bertz CT molecular complexity index is 516. The summed E-state index contributed by atoms with van der Waals surface area (Å²) in [5.41, 5.74) is 1.60. The highest BCUT2D eigenvalue weighted by atomic mass is 79.9. The third kappa shape index (κ3) is 4.69. The number of alkyl halides is 1. The molecule has 3 nitrogen and oxygen atoms in total. The largest absolute Gasteiger partial charge is 0.410 e. The lowest BCUT2D eigenvalue weighted by Crippen LogP contribution is -2.67. The summed E-state index contributed by atoms with van der Waals surface area (Å²) < 4.78 is 14.2. The molecule has 2 aliphatic rings. The summed E-state index contributed by atoms with van der Waals surface area (Å²) in [5, 5.41) is 10.1. The number of fused-ring (bicyclic) bond motifs is 1. The van der Waals surface area contributed by atoms with E-state index >= 15 is 0 Å². The van der Waals surface area contributed by atoms with Crippen LogP contribution in [0.2, 0.25) is 16.6 Å². The number of hydrogen-bond acceptors (Lipinski definition) is 3. The molecule has 0 saturated heterocycles. The van der Waals surface area contributed by atoms with E-state index in [-0.39, 0.29) is 23.2 Å². The molecule has 0 aromatic rings. The van der Waals surface area contributed by atoms with Gasteiger partial charge in [0.05, 0.1) is 23.9 Å². The Morgan fingerprint density at radius 3 is 1.93 bits per heavy atom. The van der Waals surface area contributed by atoms with Gasteiger partial charge in [-0.1, -0.05) is 77.2 Å². The van der Waals surface area contributed by atoms with E-state index in [9.17, 15) is 5.11 Å². The predicted octanol–water partition coefficient (Wildman–Crippen LogP) is 7.21. The molecular formula is C24H47BrO3Si. The van der Waals surface area contributed by atoms with Crippen LogP contribution in [-0.4, -0.2) is 42.2 Å². The van der Waals surface area contributed by atoms with Gasteiger partial charge in [0.1, 0.15) is 0 Å². The van der Waals surface area contributed by atoms with E-state index in [1.165, 1.54) is 12.8 Å². The lowest BCUT2D eigenvalue weighted by atomic mass is 9.56. The van der Waals surface area contributed by atoms with Gasteiger partial charge in [0.25, 0.3) is 0 Å². The van der Waals surface area contributed by atoms with E-state index < -0.39 is 14.4 Å². The van der Waals surface area contributed by atoms with Gasteiger partial charge < -0.3 is 14.3 Å². The molecule has 6 atom stereocenters. The Labute approximate surface area is 190 Å². The Balaban J connectivity index is 2.52. The molecule has 5 heteroatoms. The van der Waals surface area contributed by atoms with Crippen LogP contribution < -0.4 is 0 Å². The Morgan fingerprint density at radius 1 is 0.931 bits per heavy atom. The SMILES string of the molecule is CC(C)[Si](O[C@@]12CCCC[C@]1(C)[C@H](O[C@H](C)[C@@H](C)O)C[C@H](Br)C2)(C(C)C)C(C)C. The molecular weight excluding hydrogens is 444 g/mol. The number of rotatable bonds is 8. The van der Waals surface area contributed by atoms with Gasteiger partial charge >= 0.3 is 0 Å². The van der Waals surface area contributed by atoms with Crippen molar-refractivity contribution >= 4 is 24.2 Å². The monoisotopic (exact) mass is 490 g/mol. The van der Waals surface area contributed by atoms with Gasteiger partial charge in [0.2, 0.25) is 8.32 Å². The molecule has 1 N–H and O–H groups in total. The summed E-state index contributed by atoms with van der Waals surface area (Å²) >= 11 is 3.99. The number of hydrogen-bond donors (Lipinski definition) is 1. The molecule has 29 heavy (non-hydrogen) atoms. The maximum atomic E-state index is 10.1. The van der Waals surface area contributed by atoms with Crippen LogP contribution in [0.3, 0.4) is 0 Å². The minimum atomic E-state index is -2.03. The van der Waals surface area contributed by atoms with E-state index in [0.717, 1.165) is 25.7 Å². The zero-order chi connectivity index (χ0) is 22.2. The molecule has 0 heterocycles. The van der Waals surface area contributed by atoms with E-state index in [0.29, 0.717) is 21.5 Å². The first kappa shape index (κ1) is 25.8. The molecule has 0 aromatic carbocycles. The van der Waals surface area contributed by atoms with Crippen molar-refractivity contribution in [3.05, 3.63) is 0 Å². The second-order valence-electron chi connectivity index (χ2n) is 11.1. The number of halogens is 1. The third-order valence-electron chi connectivity index (χ3n) is 8.44. The van der Waals surface area contributed by atoms with E-state index in [4.69, 9.17) is 9.16 Å². The van der Waals surface area contributed by atoms with Crippen molar-refractivity contribution in [3.63, 3.8) is 0 Å². The fourth-order valence-corrected chi connectivity index (χ4v) is 13.3. The zero-order valence-electron chi connectivity index (χ0n) is 20.4. The van der Waals surface area contributed by atoms with Gasteiger partial charge in [-0.3, -0.25) is 0 Å². The second-order valence-corrected chi connectivity index (χ2v) is 17.8. The van der Waals surface area contributed by atoms with Gasteiger partial charge in [-0.2, -0.15) is 0 Å². The highest BCUT2D eigenvalue weighted by Gasteiger charge is 2.63. The van der Waals surface area contributed by atoms with Crippen LogP contribution in [0.15, 0.2) is 0 Å². The van der Waals surface area contributed by atoms with Crippen LogP contribution in [0.4, 0.5) is 0 Å². The molecule has 2 aliphatic carbocycles.